The zero-order valence-corrected chi connectivity index (χ0v) is 13.3. The van der Waals surface area contributed by atoms with E-state index in [9.17, 15) is 0 Å². The summed E-state index contributed by atoms with van der Waals surface area (Å²) in [7, 11) is 0. The van der Waals surface area contributed by atoms with Crippen molar-refractivity contribution in [2.75, 3.05) is 0 Å². The fourth-order valence-corrected chi connectivity index (χ4v) is 3.78. The molecule has 1 aliphatic heterocycles. The molecular weight excluding hydrogens is 268 g/mol. The van der Waals surface area contributed by atoms with Gasteiger partial charge in [-0.15, -0.1) is 0 Å². The maximum absolute atomic E-state index is 6.55. The molecule has 0 spiro atoms. The number of rotatable bonds is 3. The van der Waals surface area contributed by atoms with Gasteiger partial charge in [0.15, 0.2) is 0 Å². The van der Waals surface area contributed by atoms with Crippen LogP contribution in [-0.2, 0) is 11.2 Å². The summed E-state index contributed by atoms with van der Waals surface area (Å²) in [5, 5.41) is 0.801. The van der Waals surface area contributed by atoms with Crippen LogP contribution in [0.2, 0.25) is 5.02 Å². The smallest absolute Gasteiger partial charge is 0.0750 e. The Morgan fingerprint density at radius 1 is 1.30 bits per heavy atom. The zero-order chi connectivity index (χ0) is 14.3. The second-order valence-corrected chi connectivity index (χ2v) is 7.11. The fourth-order valence-electron chi connectivity index (χ4n) is 3.65. The molecule has 0 saturated carbocycles. The van der Waals surface area contributed by atoms with Crippen LogP contribution in [0.3, 0.4) is 0 Å². The first-order valence-corrected chi connectivity index (χ1v) is 7.97. The molecule has 1 saturated heterocycles. The lowest BCUT2D eigenvalue weighted by molar-refractivity contribution is -0.0686. The Bertz CT molecular complexity index is 517. The quantitative estimate of drug-likeness (QED) is 0.709. The highest BCUT2D eigenvalue weighted by Gasteiger charge is 2.50. The van der Waals surface area contributed by atoms with Gasteiger partial charge in [0.25, 0.3) is 0 Å². The van der Waals surface area contributed by atoms with Crippen LogP contribution in [0.1, 0.15) is 39.2 Å². The summed E-state index contributed by atoms with van der Waals surface area (Å²) < 4.78 is 6.55. The third-order valence-corrected chi connectivity index (χ3v) is 5.41. The normalized spacial score (nSPS) is 32.5. The van der Waals surface area contributed by atoms with E-state index in [0.29, 0.717) is 17.9 Å². The molecule has 0 radical (unpaired) electrons. The molecule has 0 aromatic heterocycles. The zero-order valence-electron chi connectivity index (χ0n) is 12.5. The van der Waals surface area contributed by atoms with Crippen LogP contribution < -0.4 is 0 Å². The predicted octanol–water partition coefficient (Wildman–Crippen LogP) is 5.03. The molecule has 1 heterocycles. The van der Waals surface area contributed by atoms with Crippen molar-refractivity contribution < 1.29 is 4.74 Å². The lowest BCUT2D eigenvalue weighted by Crippen LogP contribution is -2.35. The van der Waals surface area contributed by atoms with Crippen molar-refractivity contribution in [1.82, 2.24) is 0 Å². The van der Waals surface area contributed by atoms with Gasteiger partial charge in [-0.3, -0.25) is 0 Å². The van der Waals surface area contributed by atoms with E-state index < -0.39 is 0 Å². The third kappa shape index (κ3) is 2.42. The first kappa shape index (κ1) is 14.2. The van der Waals surface area contributed by atoms with Crippen LogP contribution >= 0.6 is 11.6 Å². The molecule has 108 valence electrons. The SMILES string of the molecule is CC1=CC[C@]2(C(C)C)C[C@H]1[C@H](Cc1ccc(Cl)cc1)O2. The summed E-state index contributed by atoms with van der Waals surface area (Å²) in [4.78, 5) is 0. The van der Waals surface area contributed by atoms with Gasteiger partial charge in [0.05, 0.1) is 11.7 Å². The van der Waals surface area contributed by atoms with Crippen molar-refractivity contribution in [3.8, 4) is 0 Å². The van der Waals surface area contributed by atoms with Crippen molar-refractivity contribution in [1.29, 1.82) is 0 Å². The summed E-state index contributed by atoms with van der Waals surface area (Å²) in [6.07, 6.45) is 5.96. The summed E-state index contributed by atoms with van der Waals surface area (Å²) in [6.45, 7) is 6.84. The van der Waals surface area contributed by atoms with Crippen LogP contribution in [0.25, 0.3) is 0 Å². The molecule has 1 aromatic carbocycles. The van der Waals surface area contributed by atoms with Crippen molar-refractivity contribution in [2.45, 2.75) is 51.7 Å². The first-order valence-electron chi connectivity index (χ1n) is 7.59. The van der Waals surface area contributed by atoms with Gasteiger partial charge < -0.3 is 4.74 Å². The van der Waals surface area contributed by atoms with Crippen molar-refractivity contribution in [3.63, 3.8) is 0 Å². The van der Waals surface area contributed by atoms with E-state index in [4.69, 9.17) is 16.3 Å². The predicted molar refractivity (Wildman–Crippen MR) is 84.1 cm³/mol. The first-order chi connectivity index (χ1) is 9.50. The lowest BCUT2D eigenvalue weighted by Gasteiger charge is -2.34. The Hall–Kier alpha value is -0.790. The monoisotopic (exact) mass is 290 g/mol. The van der Waals surface area contributed by atoms with E-state index in [1.54, 1.807) is 0 Å². The number of ether oxygens (including phenoxy) is 1. The summed E-state index contributed by atoms with van der Waals surface area (Å²) in [5.74, 6) is 1.16. The molecule has 2 aliphatic rings. The molecule has 0 unspecified atom stereocenters. The molecule has 3 rings (SSSR count). The van der Waals surface area contributed by atoms with Gasteiger partial charge in [0.2, 0.25) is 0 Å². The summed E-state index contributed by atoms with van der Waals surface area (Å²) in [5.41, 5.74) is 2.90. The van der Waals surface area contributed by atoms with E-state index in [1.807, 2.05) is 12.1 Å². The van der Waals surface area contributed by atoms with Crippen LogP contribution in [0.5, 0.6) is 0 Å². The largest absolute Gasteiger partial charge is 0.370 e. The number of fused-ring (bicyclic) bond motifs is 2. The van der Waals surface area contributed by atoms with Crippen LogP contribution in [0.15, 0.2) is 35.9 Å². The van der Waals surface area contributed by atoms with Crippen molar-refractivity contribution in [2.24, 2.45) is 11.8 Å². The molecular formula is C18H23ClO. The highest BCUT2D eigenvalue weighted by Crippen LogP contribution is 2.49. The van der Waals surface area contributed by atoms with Crippen LogP contribution in [0, 0.1) is 11.8 Å². The molecule has 3 atom stereocenters. The topological polar surface area (TPSA) is 9.23 Å². The standard InChI is InChI=1S/C18H23ClO/c1-12(2)18-9-8-13(3)16(11-18)17(20-18)10-14-4-6-15(19)7-5-14/h4-8,12,16-17H,9-11H2,1-3H3/t16-,17+,18-/m1/s1. The number of benzene rings is 1. The Morgan fingerprint density at radius 2 is 2.00 bits per heavy atom. The molecule has 20 heavy (non-hydrogen) atoms. The molecule has 2 bridgehead atoms. The number of hydrogen-bond donors (Lipinski definition) is 0. The number of hydrogen-bond acceptors (Lipinski definition) is 1. The highest BCUT2D eigenvalue weighted by atomic mass is 35.5. The minimum absolute atomic E-state index is 0.0707. The maximum Gasteiger partial charge on any atom is 0.0750 e. The second-order valence-electron chi connectivity index (χ2n) is 6.67. The average molecular weight is 291 g/mol. The van der Waals surface area contributed by atoms with Gasteiger partial charge in [0.1, 0.15) is 0 Å². The molecule has 1 nitrogen and oxygen atoms in total. The van der Waals surface area contributed by atoms with E-state index in [1.165, 1.54) is 17.6 Å². The number of halogens is 1. The van der Waals surface area contributed by atoms with Gasteiger partial charge >= 0.3 is 0 Å². The molecule has 0 N–H and O–H groups in total. The molecule has 0 amide bonds. The van der Waals surface area contributed by atoms with Gasteiger partial charge in [-0.05, 0) is 49.8 Å². The van der Waals surface area contributed by atoms with Gasteiger partial charge in [0, 0.05) is 10.9 Å². The van der Waals surface area contributed by atoms with Gasteiger partial charge in [-0.25, -0.2) is 0 Å². The summed E-state index contributed by atoms with van der Waals surface area (Å²) >= 11 is 5.96. The van der Waals surface area contributed by atoms with Crippen molar-refractivity contribution >= 4 is 11.6 Å². The Morgan fingerprint density at radius 3 is 2.65 bits per heavy atom. The minimum atomic E-state index is 0.0707. The Labute approximate surface area is 127 Å². The Kier molecular flexibility index (Phi) is 3.68. The lowest BCUT2D eigenvalue weighted by atomic mass is 9.74. The fraction of sp³-hybridized carbons (Fsp3) is 0.556. The highest BCUT2D eigenvalue weighted by molar-refractivity contribution is 6.30. The average Bonchev–Trinajstić information content (AvgIpc) is 2.73. The van der Waals surface area contributed by atoms with E-state index in [0.717, 1.165) is 17.9 Å². The van der Waals surface area contributed by atoms with Crippen molar-refractivity contribution in [3.05, 3.63) is 46.5 Å². The van der Waals surface area contributed by atoms with E-state index >= 15 is 0 Å². The molecule has 2 heteroatoms. The van der Waals surface area contributed by atoms with Gasteiger partial charge in [-0.1, -0.05) is 49.2 Å². The maximum atomic E-state index is 6.55. The molecule has 1 aliphatic carbocycles. The van der Waals surface area contributed by atoms with Gasteiger partial charge in [-0.2, -0.15) is 0 Å². The van der Waals surface area contributed by atoms with Crippen LogP contribution in [-0.4, -0.2) is 11.7 Å². The second kappa shape index (κ2) is 5.20. The third-order valence-electron chi connectivity index (χ3n) is 5.16. The minimum Gasteiger partial charge on any atom is -0.370 e. The Balaban J connectivity index is 1.81. The van der Waals surface area contributed by atoms with Crippen LogP contribution in [0.4, 0.5) is 0 Å². The van der Waals surface area contributed by atoms with E-state index in [2.05, 4.69) is 39.0 Å². The molecule has 1 aromatic rings. The van der Waals surface area contributed by atoms with E-state index in [-0.39, 0.29) is 5.60 Å². The molecule has 1 fully saturated rings. The summed E-state index contributed by atoms with van der Waals surface area (Å²) in [6, 6.07) is 8.18.